The van der Waals surface area contributed by atoms with E-state index in [1.54, 1.807) is 0 Å². The lowest BCUT2D eigenvalue weighted by molar-refractivity contribution is -0.166. The van der Waals surface area contributed by atoms with Crippen molar-refractivity contribution in [2.24, 2.45) is 11.1 Å². The fourth-order valence-corrected chi connectivity index (χ4v) is 3.64. The van der Waals surface area contributed by atoms with Crippen LogP contribution in [0.4, 0.5) is 0 Å². The summed E-state index contributed by atoms with van der Waals surface area (Å²) in [5.41, 5.74) is 5.47. The number of nitrogens with two attached hydrogens (primary N) is 1. The van der Waals surface area contributed by atoms with Gasteiger partial charge in [-0.05, 0) is 31.9 Å². The van der Waals surface area contributed by atoms with E-state index in [9.17, 15) is 5.11 Å². The Morgan fingerprint density at radius 1 is 1.46 bits per heavy atom. The van der Waals surface area contributed by atoms with Crippen LogP contribution < -0.4 is 5.73 Å². The Bertz CT molecular complexity index is 192. The van der Waals surface area contributed by atoms with E-state index in [-0.39, 0.29) is 5.41 Å². The van der Waals surface area contributed by atoms with Crippen LogP contribution in [0.1, 0.15) is 32.1 Å². The van der Waals surface area contributed by atoms with Crippen molar-refractivity contribution in [2.45, 2.75) is 43.0 Å². The molecule has 3 heteroatoms. The van der Waals surface area contributed by atoms with Gasteiger partial charge in [0.25, 0.3) is 0 Å². The van der Waals surface area contributed by atoms with E-state index in [4.69, 9.17) is 5.73 Å². The predicted octanol–water partition coefficient (Wildman–Crippen LogP) is 1.37. The monoisotopic (exact) mass is 201 g/mol. The number of hydrogen-bond donors (Lipinski definition) is 2. The van der Waals surface area contributed by atoms with Gasteiger partial charge in [0.15, 0.2) is 0 Å². The zero-order chi connectivity index (χ0) is 9.53. The van der Waals surface area contributed by atoms with Gasteiger partial charge in [-0.1, -0.05) is 6.42 Å². The molecule has 3 N–H and O–H groups in total. The van der Waals surface area contributed by atoms with Crippen molar-refractivity contribution >= 4 is 11.8 Å². The molecule has 2 aliphatic carbocycles. The van der Waals surface area contributed by atoms with Crippen LogP contribution >= 0.6 is 11.8 Å². The van der Waals surface area contributed by atoms with Crippen LogP contribution in [0.25, 0.3) is 0 Å². The molecule has 0 radical (unpaired) electrons. The maximum Gasteiger partial charge on any atom is 0.0736 e. The van der Waals surface area contributed by atoms with Crippen molar-refractivity contribution in [3.63, 3.8) is 0 Å². The van der Waals surface area contributed by atoms with Gasteiger partial charge in [-0.3, -0.25) is 0 Å². The van der Waals surface area contributed by atoms with Crippen LogP contribution in [-0.4, -0.2) is 28.8 Å². The van der Waals surface area contributed by atoms with E-state index in [0.29, 0.717) is 11.8 Å². The van der Waals surface area contributed by atoms with E-state index < -0.39 is 5.60 Å². The number of aliphatic hydroxyl groups is 1. The highest BCUT2D eigenvalue weighted by Crippen LogP contribution is 2.58. The highest BCUT2D eigenvalue weighted by molar-refractivity contribution is 7.99. The lowest BCUT2D eigenvalue weighted by atomic mass is 9.52. The van der Waals surface area contributed by atoms with Gasteiger partial charge in [0.2, 0.25) is 0 Å². The molecule has 2 saturated carbocycles. The first-order valence-corrected chi connectivity index (χ1v) is 6.40. The predicted molar refractivity (Wildman–Crippen MR) is 56.8 cm³/mol. The molecule has 0 aromatic rings. The zero-order valence-corrected chi connectivity index (χ0v) is 9.07. The molecule has 0 bridgehead atoms. The second-order valence-corrected chi connectivity index (χ2v) is 5.77. The molecule has 0 unspecified atom stereocenters. The summed E-state index contributed by atoms with van der Waals surface area (Å²) in [7, 11) is 0. The van der Waals surface area contributed by atoms with E-state index in [1.807, 2.05) is 11.8 Å². The minimum Gasteiger partial charge on any atom is -0.389 e. The van der Waals surface area contributed by atoms with E-state index in [1.165, 1.54) is 6.42 Å². The smallest absolute Gasteiger partial charge is 0.0736 e. The standard InChI is InChI=1S/C10H19NOS/c1-13-8-5-10(12,6-8)9(7-11)3-2-4-9/h8,12H,2-7,11H2,1H3. The Morgan fingerprint density at radius 2 is 2.08 bits per heavy atom. The van der Waals surface area contributed by atoms with Crippen LogP contribution in [0.5, 0.6) is 0 Å². The topological polar surface area (TPSA) is 46.2 Å². The summed E-state index contributed by atoms with van der Waals surface area (Å²) < 4.78 is 0. The van der Waals surface area contributed by atoms with Gasteiger partial charge in [-0.15, -0.1) is 0 Å². The lowest BCUT2D eigenvalue weighted by Crippen LogP contribution is -2.63. The van der Waals surface area contributed by atoms with E-state index in [2.05, 4.69) is 6.26 Å². The van der Waals surface area contributed by atoms with Crippen molar-refractivity contribution in [1.82, 2.24) is 0 Å². The molecule has 2 fully saturated rings. The van der Waals surface area contributed by atoms with Crippen molar-refractivity contribution in [3.05, 3.63) is 0 Å². The molecular weight excluding hydrogens is 182 g/mol. The van der Waals surface area contributed by atoms with Gasteiger partial charge in [0.1, 0.15) is 0 Å². The third-order valence-electron chi connectivity index (χ3n) is 4.15. The largest absolute Gasteiger partial charge is 0.389 e. The summed E-state index contributed by atoms with van der Waals surface area (Å²) in [6.45, 7) is 0.671. The molecule has 0 aromatic carbocycles. The molecule has 2 nitrogen and oxygen atoms in total. The highest BCUT2D eigenvalue weighted by Gasteiger charge is 2.58. The molecule has 2 aliphatic rings. The highest BCUT2D eigenvalue weighted by atomic mass is 32.2. The molecule has 0 saturated heterocycles. The Morgan fingerprint density at radius 3 is 2.38 bits per heavy atom. The van der Waals surface area contributed by atoms with Crippen LogP contribution in [0.2, 0.25) is 0 Å². The molecule has 0 atom stereocenters. The van der Waals surface area contributed by atoms with Crippen LogP contribution in [0.3, 0.4) is 0 Å². The summed E-state index contributed by atoms with van der Waals surface area (Å²) in [4.78, 5) is 0. The summed E-state index contributed by atoms with van der Waals surface area (Å²) in [6.07, 6.45) is 7.59. The lowest BCUT2D eigenvalue weighted by Gasteiger charge is -2.59. The first kappa shape index (κ1) is 9.81. The molecule has 13 heavy (non-hydrogen) atoms. The van der Waals surface area contributed by atoms with Crippen molar-refractivity contribution < 1.29 is 5.11 Å². The minimum absolute atomic E-state index is 0.0965. The molecule has 0 spiro atoms. The zero-order valence-electron chi connectivity index (χ0n) is 8.25. The normalized spacial score (nSPS) is 42.2. The summed E-state index contributed by atoms with van der Waals surface area (Å²) in [6, 6.07) is 0. The molecule has 2 rings (SSSR count). The van der Waals surface area contributed by atoms with E-state index in [0.717, 1.165) is 25.7 Å². The third-order valence-corrected chi connectivity index (χ3v) is 5.15. The molecule has 0 aliphatic heterocycles. The van der Waals surface area contributed by atoms with Crippen molar-refractivity contribution in [2.75, 3.05) is 12.8 Å². The van der Waals surface area contributed by atoms with E-state index >= 15 is 0 Å². The number of thioether (sulfide) groups is 1. The van der Waals surface area contributed by atoms with Gasteiger partial charge in [-0.2, -0.15) is 11.8 Å². The maximum absolute atomic E-state index is 10.4. The molecule has 0 heterocycles. The first-order chi connectivity index (χ1) is 6.16. The molecular formula is C10H19NOS. The van der Waals surface area contributed by atoms with Crippen LogP contribution in [-0.2, 0) is 0 Å². The number of hydrogen-bond acceptors (Lipinski definition) is 3. The minimum atomic E-state index is -0.409. The fraction of sp³-hybridized carbons (Fsp3) is 1.00. The van der Waals surface area contributed by atoms with Gasteiger partial charge in [-0.25, -0.2) is 0 Å². The SMILES string of the molecule is CSC1CC(O)(C2(CN)CCC2)C1. The quantitative estimate of drug-likeness (QED) is 0.725. The maximum atomic E-state index is 10.4. The molecule has 0 aromatic heterocycles. The second kappa shape index (κ2) is 3.14. The summed E-state index contributed by atoms with van der Waals surface area (Å²) >= 11 is 1.87. The van der Waals surface area contributed by atoms with Gasteiger partial charge >= 0.3 is 0 Å². The molecule has 0 amide bonds. The Labute approximate surface area is 84.3 Å². The van der Waals surface area contributed by atoms with Crippen LogP contribution in [0.15, 0.2) is 0 Å². The summed E-state index contributed by atoms with van der Waals surface area (Å²) in [5.74, 6) is 0. The van der Waals surface area contributed by atoms with Crippen LogP contribution in [0, 0.1) is 5.41 Å². The van der Waals surface area contributed by atoms with Gasteiger partial charge < -0.3 is 10.8 Å². The average Bonchev–Trinajstić information content (AvgIpc) is 1.98. The van der Waals surface area contributed by atoms with Crippen molar-refractivity contribution in [1.29, 1.82) is 0 Å². The number of rotatable bonds is 3. The second-order valence-electron chi connectivity index (χ2n) is 4.64. The Kier molecular flexibility index (Phi) is 2.37. The Hall–Kier alpha value is 0.270. The van der Waals surface area contributed by atoms with Crippen molar-refractivity contribution in [3.8, 4) is 0 Å². The first-order valence-electron chi connectivity index (χ1n) is 5.11. The van der Waals surface area contributed by atoms with Gasteiger partial charge in [0, 0.05) is 17.2 Å². The third kappa shape index (κ3) is 1.24. The summed E-state index contributed by atoms with van der Waals surface area (Å²) in [5, 5.41) is 11.1. The Balaban J connectivity index is 2.00. The fourth-order valence-electron chi connectivity index (χ4n) is 2.76. The average molecular weight is 201 g/mol. The van der Waals surface area contributed by atoms with Gasteiger partial charge in [0.05, 0.1) is 5.60 Å². The molecule has 76 valence electrons.